The molecule has 0 aliphatic heterocycles. The number of ether oxygens (including phenoxy) is 3. The zero-order valence-corrected chi connectivity index (χ0v) is 15.6. The molecule has 1 amide bonds. The van der Waals surface area contributed by atoms with Crippen molar-refractivity contribution in [2.45, 2.75) is 26.0 Å². The molecule has 0 heterocycles. The van der Waals surface area contributed by atoms with Gasteiger partial charge in [0.2, 0.25) is 0 Å². The van der Waals surface area contributed by atoms with E-state index in [9.17, 15) is 9.18 Å². The molecular formula is C19H21ClFNO4. The van der Waals surface area contributed by atoms with Crippen LogP contribution in [0.15, 0.2) is 36.4 Å². The third-order valence-electron chi connectivity index (χ3n) is 3.74. The van der Waals surface area contributed by atoms with Crippen molar-refractivity contribution in [1.82, 2.24) is 5.32 Å². The van der Waals surface area contributed by atoms with E-state index in [0.717, 1.165) is 11.6 Å². The summed E-state index contributed by atoms with van der Waals surface area (Å²) in [7, 11) is 3.11. The van der Waals surface area contributed by atoms with Gasteiger partial charge in [0.1, 0.15) is 11.6 Å². The average Bonchev–Trinajstić information content (AvgIpc) is 2.65. The number of halogens is 2. The van der Waals surface area contributed by atoms with Crippen LogP contribution in [0.4, 0.5) is 4.39 Å². The van der Waals surface area contributed by atoms with Crippen LogP contribution in [-0.4, -0.2) is 26.2 Å². The van der Waals surface area contributed by atoms with Crippen molar-refractivity contribution in [2.24, 2.45) is 0 Å². The van der Waals surface area contributed by atoms with Gasteiger partial charge < -0.3 is 19.5 Å². The zero-order chi connectivity index (χ0) is 19.1. The maximum Gasteiger partial charge on any atom is 0.261 e. The summed E-state index contributed by atoms with van der Waals surface area (Å²) < 4.78 is 29.2. The van der Waals surface area contributed by atoms with Gasteiger partial charge in [-0.25, -0.2) is 4.39 Å². The first kappa shape index (κ1) is 19.8. The summed E-state index contributed by atoms with van der Waals surface area (Å²) in [5, 5.41) is 2.93. The van der Waals surface area contributed by atoms with Gasteiger partial charge in [0.15, 0.2) is 17.6 Å². The minimum absolute atomic E-state index is 0.121. The van der Waals surface area contributed by atoms with Crippen molar-refractivity contribution in [2.75, 3.05) is 14.2 Å². The molecule has 0 saturated carbocycles. The lowest BCUT2D eigenvalue weighted by Gasteiger charge is -2.18. The molecule has 0 aliphatic rings. The lowest BCUT2D eigenvalue weighted by molar-refractivity contribution is -0.128. The number of carbonyl (C=O) groups is 1. The smallest absolute Gasteiger partial charge is 0.261 e. The van der Waals surface area contributed by atoms with Crippen molar-refractivity contribution in [3.8, 4) is 17.2 Å². The molecule has 7 heteroatoms. The van der Waals surface area contributed by atoms with Crippen LogP contribution in [0.5, 0.6) is 17.2 Å². The molecule has 2 rings (SSSR count). The third-order valence-corrected chi connectivity index (χ3v) is 4.04. The standard InChI is InChI=1S/C19H21ClFNO4/c1-4-15(26-16-8-6-13(21)10-14(16)20)19(23)22-11-12-5-7-17(24-2)18(9-12)25-3/h5-10,15H,4,11H2,1-3H3,(H,22,23). The van der Waals surface area contributed by atoms with E-state index in [1.165, 1.54) is 12.1 Å². The Hall–Kier alpha value is -2.47. The van der Waals surface area contributed by atoms with E-state index in [2.05, 4.69) is 5.32 Å². The summed E-state index contributed by atoms with van der Waals surface area (Å²) in [6.07, 6.45) is -0.302. The van der Waals surface area contributed by atoms with Crippen LogP contribution in [-0.2, 0) is 11.3 Å². The summed E-state index contributed by atoms with van der Waals surface area (Å²) in [5.74, 6) is 0.709. The average molecular weight is 382 g/mol. The van der Waals surface area contributed by atoms with Crippen LogP contribution >= 0.6 is 11.6 Å². The lowest BCUT2D eigenvalue weighted by Crippen LogP contribution is -2.37. The second-order valence-electron chi connectivity index (χ2n) is 5.50. The minimum Gasteiger partial charge on any atom is -0.493 e. The van der Waals surface area contributed by atoms with Gasteiger partial charge in [-0.05, 0) is 42.3 Å². The summed E-state index contributed by atoms with van der Waals surface area (Å²) in [6.45, 7) is 2.12. The number of rotatable bonds is 8. The Labute approximate surface area is 157 Å². The van der Waals surface area contributed by atoms with Crippen LogP contribution in [0.2, 0.25) is 5.02 Å². The molecule has 0 bridgehead atoms. The van der Waals surface area contributed by atoms with Crippen molar-refractivity contribution in [3.05, 3.63) is 52.8 Å². The van der Waals surface area contributed by atoms with Crippen LogP contribution in [0.1, 0.15) is 18.9 Å². The van der Waals surface area contributed by atoms with Gasteiger partial charge in [-0.3, -0.25) is 4.79 Å². The van der Waals surface area contributed by atoms with Gasteiger partial charge in [0.25, 0.3) is 5.91 Å². The highest BCUT2D eigenvalue weighted by atomic mass is 35.5. The van der Waals surface area contributed by atoms with Crippen molar-refractivity contribution >= 4 is 17.5 Å². The predicted molar refractivity (Wildman–Crippen MR) is 97.5 cm³/mol. The van der Waals surface area contributed by atoms with E-state index in [-0.39, 0.29) is 16.7 Å². The number of hydrogen-bond donors (Lipinski definition) is 1. The molecule has 0 radical (unpaired) electrons. The van der Waals surface area contributed by atoms with E-state index >= 15 is 0 Å². The van der Waals surface area contributed by atoms with E-state index in [4.69, 9.17) is 25.8 Å². The van der Waals surface area contributed by atoms with Gasteiger partial charge >= 0.3 is 0 Å². The Balaban J connectivity index is 2.00. The number of carbonyl (C=O) groups excluding carboxylic acids is 1. The summed E-state index contributed by atoms with van der Waals surface area (Å²) in [5.41, 5.74) is 0.852. The Morgan fingerprint density at radius 1 is 1.12 bits per heavy atom. The normalized spacial score (nSPS) is 11.6. The van der Waals surface area contributed by atoms with E-state index in [1.54, 1.807) is 26.4 Å². The Morgan fingerprint density at radius 3 is 2.42 bits per heavy atom. The molecule has 0 aromatic heterocycles. The van der Waals surface area contributed by atoms with Gasteiger partial charge in [-0.15, -0.1) is 0 Å². The van der Waals surface area contributed by atoms with Crippen LogP contribution in [0.3, 0.4) is 0 Å². The number of nitrogens with one attached hydrogen (secondary N) is 1. The quantitative estimate of drug-likeness (QED) is 0.751. The first-order valence-electron chi connectivity index (χ1n) is 8.08. The van der Waals surface area contributed by atoms with Crippen molar-refractivity contribution in [1.29, 1.82) is 0 Å². The SMILES string of the molecule is CCC(Oc1ccc(F)cc1Cl)C(=O)NCc1ccc(OC)c(OC)c1. The second-order valence-corrected chi connectivity index (χ2v) is 5.90. The first-order chi connectivity index (χ1) is 12.5. The zero-order valence-electron chi connectivity index (χ0n) is 14.8. The molecule has 5 nitrogen and oxygen atoms in total. The molecule has 140 valence electrons. The summed E-state index contributed by atoms with van der Waals surface area (Å²) in [4.78, 5) is 12.4. The van der Waals surface area contributed by atoms with Crippen LogP contribution in [0.25, 0.3) is 0 Å². The maximum atomic E-state index is 13.1. The van der Waals surface area contributed by atoms with Gasteiger partial charge in [-0.1, -0.05) is 24.6 Å². The largest absolute Gasteiger partial charge is 0.493 e. The summed E-state index contributed by atoms with van der Waals surface area (Å²) in [6, 6.07) is 9.17. The van der Waals surface area contributed by atoms with Crippen LogP contribution in [0, 0.1) is 5.82 Å². The third kappa shape index (κ3) is 5.02. The monoisotopic (exact) mass is 381 g/mol. The molecule has 0 fully saturated rings. The fourth-order valence-electron chi connectivity index (χ4n) is 2.34. The molecular weight excluding hydrogens is 361 g/mol. The highest BCUT2D eigenvalue weighted by Crippen LogP contribution is 2.28. The lowest BCUT2D eigenvalue weighted by atomic mass is 10.2. The highest BCUT2D eigenvalue weighted by molar-refractivity contribution is 6.32. The van der Waals surface area contributed by atoms with Gasteiger partial charge in [0.05, 0.1) is 19.2 Å². The summed E-state index contributed by atoms with van der Waals surface area (Å²) >= 11 is 5.95. The van der Waals surface area contributed by atoms with Gasteiger partial charge in [0, 0.05) is 6.54 Å². The molecule has 0 aliphatic carbocycles. The molecule has 2 aromatic carbocycles. The topological polar surface area (TPSA) is 56.8 Å². The molecule has 2 aromatic rings. The fraction of sp³-hybridized carbons (Fsp3) is 0.316. The predicted octanol–water partition coefficient (Wildman–Crippen LogP) is 3.97. The molecule has 0 saturated heterocycles. The Morgan fingerprint density at radius 2 is 1.81 bits per heavy atom. The molecule has 1 unspecified atom stereocenters. The van der Waals surface area contributed by atoms with E-state index in [1.807, 2.05) is 13.0 Å². The molecule has 1 N–H and O–H groups in total. The number of hydrogen-bond acceptors (Lipinski definition) is 4. The maximum absolute atomic E-state index is 13.1. The minimum atomic E-state index is -0.738. The van der Waals surface area contributed by atoms with Crippen molar-refractivity contribution in [3.63, 3.8) is 0 Å². The van der Waals surface area contributed by atoms with E-state index < -0.39 is 11.9 Å². The van der Waals surface area contributed by atoms with E-state index in [0.29, 0.717) is 24.5 Å². The number of benzene rings is 2. The highest BCUT2D eigenvalue weighted by Gasteiger charge is 2.19. The Bertz CT molecular complexity index is 769. The fourth-order valence-corrected chi connectivity index (χ4v) is 2.55. The first-order valence-corrected chi connectivity index (χ1v) is 8.46. The number of amides is 1. The number of methoxy groups -OCH3 is 2. The molecule has 0 spiro atoms. The molecule has 26 heavy (non-hydrogen) atoms. The van der Waals surface area contributed by atoms with Crippen molar-refractivity contribution < 1.29 is 23.4 Å². The Kier molecular flexibility index (Phi) is 7.09. The second kappa shape index (κ2) is 9.29. The van der Waals surface area contributed by atoms with Crippen LogP contribution < -0.4 is 19.5 Å². The molecule has 1 atom stereocenters. The van der Waals surface area contributed by atoms with Gasteiger partial charge in [-0.2, -0.15) is 0 Å².